The quantitative estimate of drug-likeness (QED) is 0.510. The molecule has 1 atom stereocenters. The fraction of sp³-hybridized carbons (Fsp3) is 0.900. The maximum absolute atomic E-state index is 10.9. The molecule has 0 saturated heterocycles. The molecular weight excluding hydrogens is 184 g/mol. The minimum absolute atomic E-state index is 0.0838. The second-order valence-electron chi connectivity index (χ2n) is 3.20. The molecule has 2 nitrogen and oxygen atoms in total. The number of hydrogen-bond donors (Lipinski definition) is 1. The van der Waals surface area contributed by atoms with E-state index in [1.807, 2.05) is 6.92 Å². The third-order valence-corrected chi connectivity index (χ3v) is 2.31. The maximum Gasteiger partial charge on any atom is 0.305 e. The first-order valence-electron chi connectivity index (χ1n) is 5.04. The first kappa shape index (κ1) is 12.8. The molecule has 0 aliphatic heterocycles. The van der Waals surface area contributed by atoms with Crippen LogP contribution in [0.5, 0.6) is 0 Å². The molecule has 0 aromatic rings. The summed E-state index contributed by atoms with van der Waals surface area (Å²) in [5, 5.41) is 0.374. The van der Waals surface area contributed by atoms with Crippen molar-refractivity contribution in [3.8, 4) is 0 Å². The molecule has 3 heteroatoms. The predicted octanol–water partition coefficient (Wildman–Crippen LogP) is 2.82. The minimum Gasteiger partial charge on any atom is -0.466 e. The summed E-state index contributed by atoms with van der Waals surface area (Å²) in [6.07, 6.45) is 4.49. The van der Waals surface area contributed by atoms with Gasteiger partial charge >= 0.3 is 5.97 Å². The molecular formula is C10H20O2S. The van der Waals surface area contributed by atoms with Gasteiger partial charge < -0.3 is 4.74 Å². The van der Waals surface area contributed by atoms with Crippen molar-refractivity contribution in [2.75, 3.05) is 6.61 Å². The minimum atomic E-state index is -0.0838. The molecule has 0 aromatic carbocycles. The van der Waals surface area contributed by atoms with Crippen LogP contribution >= 0.6 is 12.6 Å². The SMILES string of the molecule is CCCC(=O)OCC[C@@H](S)CCC. The summed E-state index contributed by atoms with van der Waals surface area (Å²) in [5.74, 6) is -0.0838. The highest BCUT2D eigenvalue weighted by Crippen LogP contribution is 2.09. The Morgan fingerprint density at radius 2 is 2.00 bits per heavy atom. The van der Waals surface area contributed by atoms with E-state index in [0.29, 0.717) is 18.3 Å². The third kappa shape index (κ3) is 8.16. The van der Waals surface area contributed by atoms with Gasteiger partial charge in [0.2, 0.25) is 0 Å². The Hall–Kier alpha value is -0.180. The number of rotatable bonds is 7. The molecule has 0 unspecified atom stereocenters. The van der Waals surface area contributed by atoms with E-state index < -0.39 is 0 Å². The normalized spacial score (nSPS) is 12.5. The summed E-state index contributed by atoms with van der Waals surface area (Å²) in [7, 11) is 0. The van der Waals surface area contributed by atoms with Gasteiger partial charge in [-0.2, -0.15) is 12.6 Å². The summed E-state index contributed by atoms with van der Waals surface area (Å²) in [4.78, 5) is 10.9. The smallest absolute Gasteiger partial charge is 0.305 e. The van der Waals surface area contributed by atoms with Crippen molar-refractivity contribution in [3.05, 3.63) is 0 Å². The van der Waals surface area contributed by atoms with Crippen molar-refractivity contribution in [1.29, 1.82) is 0 Å². The van der Waals surface area contributed by atoms with Crippen LogP contribution in [-0.2, 0) is 9.53 Å². The van der Waals surface area contributed by atoms with E-state index in [4.69, 9.17) is 4.74 Å². The summed E-state index contributed by atoms with van der Waals surface area (Å²) >= 11 is 4.37. The lowest BCUT2D eigenvalue weighted by atomic mass is 10.2. The molecule has 0 aliphatic rings. The van der Waals surface area contributed by atoms with Gasteiger partial charge in [0.05, 0.1) is 6.61 Å². The largest absolute Gasteiger partial charge is 0.466 e. The fourth-order valence-corrected chi connectivity index (χ4v) is 1.43. The zero-order valence-corrected chi connectivity index (χ0v) is 9.48. The first-order chi connectivity index (χ1) is 6.20. The molecule has 0 N–H and O–H groups in total. The lowest BCUT2D eigenvalue weighted by molar-refractivity contribution is -0.143. The van der Waals surface area contributed by atoms with E-state index >= 15 is 0 Å². The van der Waals surface area contributed by atoms with Gasteiger partial charge in [-0.05, 0) is 19.3 Å². The fourth-order valence-electron chi connectivity index (χ4n) is 1.06. The monoisotopic (exact) mass is 204 g/mol. The van der Waals surface area contributed by atoms with Crippen molar-refractivity contribution >= 4 is 18.6 Å². The molecule has 0 amide bonds. The number of ether oxygens (including phenoxy) is 1. The number of esters is 1. The van der Waals surface area contributed by atoms with Gasteiger partial charge in [-0.1, -0.05) is 20.3 Å². The zero-order chi connectivity index (χ0) is 10.1. The Balaban J connectivity index is 3.28. The number of thiol groups is 1. The van der Waals surface area contributed by atoms with Crippen LogP contribution in [0.25, 0.3) is 0 Å². The second-order valence-corrected chi connectivity index (χ2v) is 3.93. The van der Waals surface area contributed by atoms with Crippen molar-refractivity contribution in [2.45, 2.75) is 51.2 Å². The lowest BCUT2D eigenvalue weighted by Crippen LogP contribution is -2.09. The van der Waals surface area contributed by atoms with E-state index in [-0.39, 0.29) is 5.97 Å². The average Bonchev–Trinajstić information content (AvgIpc) is 2.05. The van der Waals surface area contributed by atoms with Crippen LogP contribution in [0.2, 0.25) is 0 Å². The van der Waals surface area contributed by atoms with E-state index in [2.05, 4.69) is 19.6 Å². The molecule has 78 valence electrons. The molecule has 0 saturated carbocycles. The van der Waals surface area contributed by atoms with E-state index in [0.717, 1.165) is 25.7 Å². The Morgan fingerprint density at radius 1 is 1.31 bits per heavy atom. The Labute approximate surface area is 86.5 Å². The summed E-state index contributed by atoms with van der Waals surface area (Å²) in [6, 6.07) is 0. The standard InChI is InChI=1S/C10H20O2S/c1-3-5-9(13)7-8-12-10(11)6-4-2/h9,13H,3-8H2,1-2H3/t9-/m0/s1. The highest BCUT2D eigenvalue weighted by Gasteiger charge is 2.04. The molecule has 0 heterocycles. The van der Waals surface area contributed by atoms with E-state index in [9.17, 15) is 4.79 Å². The van der Waals surface area contributed by atoms with Gasteiger partial charge in [-0.15, -0.1) is 0 Å². The van der Waals surface area contributed by atoms with Gasteiger partial charge in [-0.25, -0.2) is 0 Å². The third-order valence-electron chi connectivity index (χ3n) is 1.79. The molecule has 13 heavy (non-hydrogen) atoms. The first-order valence-corrected chi connectivity index (χ1v) is 5.56. The molecule has 0 spiro atoms. The Bertz CT molecular complexity index is 137. The highest BCUT2D eigenvalue weighted by atomic mass is 32.1. The molecule has 0 aliphatic carbocycles. The maximum atomic E-state index is 10.9. The zero-order valence-electron chi connectivity index (χ0n) is 8.58. The van der Waals surface area contributed by atoms with E-state index in [1.54, 1.807) is 0 Å². The molecule has 0 radical (unpaired) electrons. The molecule has 0 fully saturated rings. The van der Waals surface area contributed by atoms with Gasteiger partial charge in [0.25, 0.3) is 0 Å². The van der Waals surface area contributed by atoms with E-state index in [1.165, 1.54) is 0 Å². The number of hydrogen-bond acceptors (Lipinski definition) is 3. The molecule has 0 bridgehead atoms. The summed E-state index contributed by atoms with van der Waals surface area (Å²) in [5.41, 5.74) is 0. The van der Waals surface area contributed by atoms with Gasteiger partial charge in [-0.3, -0.25) is 4.79 Å². The van der Waals surface area contributed by atoms with Gasteiger partial charge in [0.15, 0.2) is 0 Å². The summed E-state index contributed by atoms with van der Waals surface area (Å²) in [6.45, 7) is 4.62. The Kier molecular flexibility index (Phi) is 8.30. The van der Waals surface area contributed by atoms with Gasteiger partial charge in [0.1, 0.15) is 0 Å². The molecule has 0 rings (SSSR count). The van der Waals surface area contributed by atoms with Crippen molar-refractivity contribution in [3.63, 3.8) is 0 Å². The van der Waals surface area contributed by atoms with Gasteiger partial charge in [0, 0.05) is 11.7 Å². The Morgan fingerprint density at radius 3 is 2.54 bits per heavy atom. The lowest BCUT2D eigenvalue weighted by Gasteiger charge is -2.09. The summed E-state index contributed by atoms with van der Waals surface area (Å²) < 4.78 is 5.01. The van der Waals surface area contributed by atoms with Crippen LogP contribution in [0.3, 0.4) is 0 Å². The topological polar surface area (TPSA) is 26.3 Å². The molecule has 0 aromatic heterocycles. The van der Waals surface area contributed by atoms with Crippen molar-refractivity contribution in [1.82, 2.24) is 0 Å². The predicted molar refractivity (Wildman–Crippen MR) is 58.2 cm³/mol. The van der Waals surface area contributed by atoms with Crippen LogP contribution in [0.15, 0.2) is 0 Å². The second kappa shape index (κ2) is 8.42. The van der Waals surface area contributed by atoms with Crippen molar-refractivity contribution in [2.24, 2.45) is 0 Å². The van der Waals surface area contributed by atoms with Crippen LogP contribution in [-0.4, -0.2) is 17.8 Å². The van der Waals surface area contributed by atoms with Crippen LogP contribution in [0, 0.1) is 0 Å². The van der Waals surface area contributed by atoms with Crippen LogP contribution < -0.4 is 0 Å². The van der Waals surface area contributed by atoms with Crippen molar-refractivity contribution < 1.29 is 9.53 Å². The van der Waals surface area contributed by atoms with Crippen LogP contribution in [0.1, 0.15) is 46.0 Å². The number of carbonyl (C=O) groups is 1. The average molecular weight is 204 g/mol. The van der Waals surface area contributed by atoms with Crippen LogP contribution in [0.4, 0.5) is 0 Å². The number of carbonyl (C=O) groups excluding carboxylic acids is 1. The highest BCUT2D eigenvalue weighted by molar-refractivity contribution is 7.80.